The van der Waals surface area contributed by atoms with Gasteiger partial charge in [0.05, 0.1) is 0 Å². The predicted molar refractivity (Wildman–Crippen MR) is 80.0 cm³/mol. The topological polar surface area (TPSA) is 29.1 Å². The van der Waals surface area contributed by atoms with Gasteiger partial charge in [-0.15, -0.1) is 0 Å². The summed E-state index contributed by atoms with van der Waals surface area (Å²) in [6.45, 7) is 7.87. The number of carbonyl (C=O) groups excluding carboxylic acids is 1. The van der Waals surface area contributed by atoms with Crippen LogP contribution < -0.4 is 5.32 Å². The summed E-state index contributed by atoms with van der Waals surface area (Å²) in [5.41, 5.74) is 4.37. The molecule has 2 aromatic rings. The summed E-state index contributed by atoms with van der Waals surface area (Å²) in [5.74, 6) is -0.168. The van der Waals surface area contributed by atoms with E-state index < -0.39 is 0 Å². The third kappa shape index (κ3) is 3.10. The van der Waals surface area contributed by atoms with E-state index in [0.717, 1.165) is 16.8 Å². The van der Waals surface area contributed by atoms with Crippen LogP contribution in [0, 0.1) is 13.8 Å². The van der Waals surface area contributed by atoms with Crippen LogP contribution >= 0.6 is 0 Å². The SMILES string of the molecule is C=C(C(=O)Nc1ccc(C)cc1C)c1ccccc1. The van der Waals surface area contributed by atoms with E-state index in [-0.39, 0.29) is 5.91 Å². The molecule has 2 rings (SSSR count). The van der Waals surface area contributed by atoms with Gasteiger partial charge in [0.25, 0.3) is 5.91 Å². The highest BCUT2D eigenvalue weighted by molar-refractivity contribution is 6.24. The van der Waals surface area contributed by atoms with Gasteiger partial charge in [-0.1, -0.05) is 54.6 Å². The number of carbonyl (C=O) groups is 1. The maximum atomic E-state index is 12.1. The minimum Gasteiger partial charge on any atom is -0.322 e. The third-order valence-electron chi connectivity index (χ3n) is 3.03. The molecule has 1 N–H and O–H groups in total. The van der Waals surface area contributed by atoms with Gasteiger partial charge in [0, 0.05) is 11.3 Å². The molecule has 2 aromatic carbocycles. The van der Waals surface area contributed by atoms with Crippen molar-refractivity contribution < 1.29 is 4.79 Å². The van der Waals surface area contributed by atoms with Gasteiger partial charge in [-0.2, -0.15) is 0 Å². The molecule has 0 aliphatic heterocycles. The molecule has 0 bridgehead atoms. The van der Waals surface area contributed by atoms with Crippen molar-refractivity contribution in [1.82, 2.24) is 0 Å². The minimum absolute atomic E-state index is 0.168. The first-order valence-corrected chi connectivity index (χ1v) is 6.21. The summed E-state index contributed by atoms with van der Waals surface area (Å²) < 4.78 is 0. The smallest absolute Gasteiger partial charge is 0.255 e. The van der Waals surface area contributed by atoms with Gasteiger partial charge in [-0.25, -0.2) is 0 Å². The van der Waals surface area contributed by atoms with Gasteiger partial charge < -0.3 is 5.32 Å². The second-order valence-corrected chi connectivity index (χ2v) is 4.62. The molecule has 0 aliphatic carbocycles. The molecule has 0 atom stereocenters. The van der Waals surface area contributed by atoms with Gasteiger partial charge in [0.15, 0.2) is 0 Å². The highest BCUT2D eigenvalue weighted by Gasteiger charge is 2.10. The van der Waals surface area contributed by atoms with Gasteiger partial charge in [0.2, 0.25) is 0 Å². The molecule has 0 heterocycles. The quantitative estimate of drug-likeness (QED) is 0.822. The van der Waals surface area contributed by atoms with Crippen LogP contribution in [-0.2, 0) is 4.79 Å². The largest absolute Gasteiger partial charge is 0.322 e. The van der Waals surface area contributed by atoms with E-state index in [9.17, 15) is 4.79 Å². The second-order valence-electron chi connectivity index (χ2n) is 4.62. The predicted octanol–water partition coefficient (Wildman–Crippen LogP) is 3.96. The van der Waals surface area contributed by atoms with E-state index in [1.807, 2.05) is 62.4 Å². The molecule has 0 aromatic heterocycles. The number of rotatable bonds is 3. The number of benzene rings is 2. The molecule has 0 aliphatic rings. The second kappa shape index (κ2) is 5.53. The molecule has 2 heteroatoms. The average molecular weight is 251 g/mol. The van der Waals surface area contributed by atoms with Crippen molar-refractivity contribution in [3.8, 4) is 0 Å². The van der Waals surface area contributed by atoms with Crippen LogP contribution in [-0.4, -0.2) is 5.91 Å². The summed E-state index contributed by atoms with van der Waals surface area (Å²) in [6, 6.07) is 15.4. The Kier molecular flexibility index (Phi) is 3.81. The van der Waals surface area contributed by atoms with Crippen LogP contribution in [0.15, 0.2) is 55.1 Å². The molecule has 0 fully saturated rings. The highest BCUT2D eigenvalue weighted by atomic mass is 16.1. The lowest BCUT2D eigenvalue weighted by Gasteiger charge is -2.10. The van der Waals surface area contributed by atoms with Crippen molar-refractivity contribution in [1.29, 1.82) is 0 Å². The van der Waals surface area contributed by atoms with Crippen LogP contribution in [0.4, 0.5) is 5.69 Å². The summed E-state index contributed by atoms with van der Waals surface area (Å²) in [4.78, 5) is 12.1. The van der Waals surface area contributed by atoms with Crippen LogP contribution in [0.25, 0.3) is 5.57 Å². The highest BCUT2D eigenvalue weighted by Crippen LogP contribution is 2.19. The van der Waals surface area contributed by atoms with Crippen LogP contribution in [0.1, 0.15) is 16.7 Å². The van der Waals surface area contributed by atoms with E-state index in [1.54, 1.807) is 0 Å². The van der Waals surface area contributed by atoms with Crippen molar-refractivity contribution in [3.05, 3.63) is 71.8 Å². The molecular formula is C17H17NO. The Hall–Kier alpha value is -2.35. The average Bonchev–Trinajstić information content (AvgIpc) is 2.42. The van der Waals surface area contributed by atoms with Crippen molar-refractivity contribution in [2.24, 2.45) is 0 Å². The fourth-order valence-corrected chi connectivity index (χ4v) is 1.92. The van der Waals surface area contributed by atoms with Gasteiger partial charge in [-0.05, 0) is 31.0 Å². The Morgan fingerprint density at radius 2 is 1.74 bits per heavy atom. The first-order chi connectivity index (χ1) is 9.08. The zero-order chi connectivity index (χ0) is 13.8. The lowest BCUT2D eigenvalue weighted by Crippen LogP contribution is -2.13. The van der Waals surface area contributed by atoms with Crippen LogP contribution in [0.5, 0.6) is 0 Å². The Bertz CT molecular complexity index is 614. The van der Waals surface area contributed by atoms with Crippen molar-refractivity contribution in [3.63, 3.8) is 0 Å². The number of nitrogens with one attached hydrogen (secondary N) is 1. The van der Waals surface area contributed by atoms with Gasteiger partial charge >= 0.3 is 0 Å². The van der Waals surface area contributed by atoms with Gasteiger partial charge in [-0.3, -0.25) is 4.79 Å². The number of anilines is 1. The molecule has 0 saturated heterocycles. The molecule has 0 radical (unpaired) electrons. The first kappa shape index (κ1) is 13.1. The summed E-state index contributed by atoms with van der Waals surface area (Å²) >= 11 is 0. The molecule has 2 nitrogen and oxygen atoms in total. The van der Waals surface area contributed by atoms with E-state index >= 15 is 0 Å². The normalized spacial score (nSPS) is 10.0. The standard InChI is InChI=1S/C17H17NO/c1-12-9-10-16(13(2)11-12)18-17(19)14(3)15-7-5-4-6-8-15/h4-11H,3H2,1-2H3,(H,18,19). The van der Waals surface area contributed by atoms with Crippen LogP contribution in [0.2, 0.25) is 0 Å². The Morgan fingerprint density at radius 1 is 1.05 bits per heavy atom. The Morgan fingerprint density at radius 3 is 2.37 bits per heavy atom. The van der Waals surface area contributed by atoms with E-state index in [0.29, 0.717) is 5.57 Å². The van der Waals surface area contributed by atoms with E-state index in [2.05, 4.69) is 11.9 Å². The Balaban J connectivity index is 2.15. The Labute approximate surface area is 113 Å². The molecular weight excluding hydrogens is 234 g/mol. The zero-order valence-corrected chi connectivity index (χ0v) is 11.2. The van der Waals surface area contributed by atoms with E-state index in [1.165, 1.54) is 5.56 Å². The summed E-state index contributed by atoms with van der Waals surface area (Å²) in [7, 11) is 0. The fourth-order valence-electron chi connectivity index (χ4n) is 1.92. The number of hydrogen-bond donors (Lipinski definition) is 1. The summed E-state index contributed by atoms with van der Waals surface area (Å²) in [5, 5.41) is 2.90. The molecule has 96 valence electrons. The minimum atomic E-state index is -0.168. The maximum absolute atomic E-state index is 12.1. The summed E-state index contributed by atoms with van der Waals surface area (Å²) in [6.07, 6.45) is 0. The molecule has 0 spiro atoms. The lowest BCUT2D eigenvalue weighted by molar-refractivity contribution is -0.111. The van der Waals surface area contributed by atoms with Crippen molar-refractivity contribution >= 4 is 17.2 Å². The van der Waals surface area contributed by atoms with Gasteiger partial charge in [0.1, 0.15) is 0 Å². The lowest BCUT2D eigenvalue weighted by atomic mass is 10.1. The van der Waals surface area contributed by atoms with E-state index in [4.69, 9.17) is 0 Å². The molecule has 19 heavy (non-hydrogen) atoms. The zero-order valence-electron chi connectivity index (χ0n) is 11.2. The van der Waals surface area contributed by atoms with Crippen molar-refractivity contribution in [2.45, 2.75) is 13.8 Å². The third-order valence-corrected chi connectivity index (χ3v) is 3.03. The first-order valence-electron chi connectivity index (χ1n) is 6.21. The number of hydrogen-bond acceptors (Lipinski definition) is 1. The molecule has 0 unspecified atom stereocenters. The number of amides is 1. The maximum Gasteiger partial charge on any atom is 0.255 e. The number of aryl methyl sites for hydroxylation is 2. The van der Waals surface area contributed by atoms with Crippen LogP contribution in [0.3, 0.4) is 0 Å². The molecule has 1 amide bonds. The fraction of sp³-hybridized carbons (Fsp3) is 0.118. The monoisotopic (exact) mass is 251 g/mol. The molecule has 0 saturated carbocycles. The van der Waals surface area contributed by atoms with Crippen molar-refractivity contribution in [2.75, 3.05) is 5.32 Å².